The number of hydrogen-bond donors (Lipinski definition) is 1. The van der Waals surface area contributed by atoms with Crippen molar-refractivity contribution in [2.45, 2.75) is 129 Å². The number of rotatable bonds is 16. The van der Waals surface area contributed by atoms with Gasteiger partial charge in [0.05, 0.1) is 12.6 Å². The van der Waals surface area contributed by atoms with Crippen LogP contribution in [0.4, 0.5) is 4.79 Å². The van der Waals surface area contributed by atoms with Crippen LogP contribution in [0.2, 0.25) is 0 Å². The van der Waals surface area contributed by atoms with Crippen molar-refractivity contribution in [2.24, 2.45) is 0 Å². The maximum atomic E-state index is 13.1. The number of benzene rings is 1. The van der Waals surface area contributed by atoms with Gasteiger partial charge in [-0.15, -0.1) is 0 Å². The summed E-state index contributed by atoms with van der Waals surface area (Å²) in [5, 5.41) is 0.0745. The van der Waals surface area contributed by atoms with Crippen LogP contribution < -0.4 is 5.48 Å². The van der Waals surface area contributed by atoms with Gasteiger partial charge in [0, 0.05) is 12.3 Å². The average Bonchev–Trinajstić information content (AvgIpc) is 2.86. The molecule has 2 rings (SSSR count). The van der Waals surface area contributed by atoms with Crippen LogP contribution >= 0.6 is 11.8 Å². The summed E-state index contributed by atoms with van der Waals surface area (Å²) < 4.78 is 5.65. The first-order chi connectivity index (χ1) is 17.8. The van der Waals surface area contributed by atoms with Crippen LogP contribution in [0.5, 0.6) is 0 Å². The highest BCUT2D eigenvalue weighted by Gasteiger charge is 2.38. The third-order valence-corrected chi connectivity index (χ3v) is 7.61. The number of amides is 1. The zero-order valence-electron chi connectivity index (χ0n) is 23.6. The van der Waals surface area contributed by atoms with Crippen molar-refractivity contribution in [1.82, 2.24) is 10.4 Å². The Morgan fingerprint density at radius 3 is 2.19 bits per heavy atom. The first-order valence-electron chi connectivity index (χ1n) is 14.4. The highest BCUT2D eigenvalue weighted by atomic mass is 32.2. The van der Waals surface area contributed by atoms with Crippen molar-refractivity contribution < 1.29 is 19.2 Å². The molecule has 1 aromatic rings. The fourth-order valence-corrected chi connectivity index (χ4v) is 5.50. The first kappa shape index (κ1) is 31.6. The maximum Gasteiger partial charge on any atom is 0.410 e. The lowest BCUT2D eigenvalue weighted by atomic mass is 10.00. The van der Waals surface area contributed by atoms with Gasteiger partial charge in [0.15, 0.2) is 0 Å². The number of carbonyl (C=O) groups excluding carboxylic acids is 2. The Balaban J connectivity index is 1.74. The van der Waals surface area contributed by atoms with E-state index in [0.717, 1.165) is 24.2 Å². The quantitative estimate of drug-likeness (QED) is 0.173. The van der Waals surface area contributed by atoms with E-state index in [9.17, 15) is 9.59 Å². The molecule has 0 radical (unpaired) electrons. The molecule has 1 saturated heterocycles. The molecule has 1 aliphatic heterocycles. The second-order valence-corrected chi connectivity index (χ2v) is 12.3. The molecule has 0 aromatic heterocycles. The number of carbonyl (C=O) groups is 2. The van der Waals surface area contributed by atoms with E-state index in [-0.39, 0.29) is 11.2 Å². The van der Waals surface area contributed by atoms with E-state index >= 15 is 0 Å². The Morgan fingerprint density at radius 1 is 0.946 bits per heavy atom. The van der Waals surface area contributed by atoms with Gasteiger partial charge < -0.3 is 4.74 Å². The smallest absolute Gasteiger partial charge is 0.410 e. The Morgan fingerprint density at radius 2 is 1.57 bits per heavy atom. The first-order valence-corrected chi connectivity index (χ1v) is 15.4. The minimum absolute atomic E-state index is 0.0488. The standard InChI is InChI=1S/C30H50N2O4S/c1-5-6-7-8-9-10-11-12-13-17-22-37-28(33)27-21-20-26(23-32(27)29(34)36-30(2,3)4)31-35-24-25-18-15-14-16-19-25/h14-16,18-19,26-27,31H,5-13,17,20-24H2,1-4H3/t26-,27+/m1/s1. The molecule has 0 spiro atoms. The lowest BCUT2D eigenvalue weighted by molar-refractivity contribution is -0.118. The maximum absolute atomic E-state index is 13.1. The number of nitrogens with one attached hydrogen (secondary N) is 1. The van der Waals surface area contributed by atoms with E-state index in [1.165, 1.54) is 69.5 Å². The van der Waals surface area contributed by atoms with Crippen molar-refractivity contribution >= 4 is 23.0 Å². The summed E-state index contributed by atoms with van der Waals surface area (Å²) in [7, 11) is 0. The predicted molar refractivity (Wildman–Crippen MR) is 153 cm³/mol. The number of thioether (sulfide) groups is 1. The topological polar surface area (TPSA) is 67.9 Å². The minimum Gasteiger partial charge on any atom is -0.444 e. The summed E-state index contributed by atoms with van der Waals surface area (Å²) in [4.78, 5) is 33.4. The molecule has 1 amide bonds. The number of ether oxygens (including phenoxy) is 1. The second kappa shape index (κ2) is 17.8. The summed E-state index contributed by atoms with van der Waals surface area (Å²) in [6, 6.07) is 9.46. The molecule has 6 nitrogen and oxygen atoms in total. The summed E-state index contributed by atoms with van der Waals surface area (Å²) in [5.41, 5.74) is 3.56. The van der Waals surface area contributed by atoms with Crippen LogP contribution in [0.15, 0.2) is 30.3 Å². The molecule has 1 fully saturated rings. The third-order valence-electron chi connectivity index (χ3n) is 6.56. The van der Waals surface area contributed by atoms with Crippen LogP contribution in [0.1, 0.15) is 110 Å². The van der Waals surface area contributed by atoms with E-state index in [0.29, 0.717) is 19.6 Å². The van der Waals surface area contributed by atoms with Gasteiger partial charge in [-0.05, 0) is 45.6 Å². The molecule has 2 atom stereocenters. The summed E-state index contributed by atoms with van der Waals surface area (Å²) in [6.07, 6.45) is 13.8. The molecule has 0 unspecified atom stereocenters. The van der Waals surface area contributed by atoms with Gasteiger partial charge in [-0.25, -0.2) is 4.79 Å². The number of hydroxylamine groups is 1. The number of unbranched alkanes of at least 4 members (excludes halogenated alkanes) is 9. The number of piperidine rings is 1. The highest BCUT2D eigenvalue weighted by molar-refractivity contribution is 8.13. The van der Waals surface area contributed by atoms with Gasteiger partial charge in [-0.3, -0.25) is 14.5 Å². The van der Waals surface area contributed by atoms with Gasteiger partial charge in [0.2, 0.25) is 5.12 Å². The van der Waals surface area contributed by atoms with Crippen LogP contribution in [0.3, 0.4) is 0 Å². The number of hydrogen-bond acceptors (Lipinski definition) is 6. The van der Waals surface area contributed by atoms with Crippen molar-refractivity contribution in [2.75, 3.05) is 12.3 Å². The molecule has 0 saturated carbocycles. The summed E-state index contributed by atoms with van der Waals surface area (Å²) in [5.74, 6) is 0.815. The van der Waals surface area contributed by atoms with Crippen molar-refractivity contribution in [3.63, 3.8) is 0 Å². The van der Waals surface area contributed by atoms with E-state index in [1.54, 1.807) is 4.90 Å². The molecule has 37 heavy (non-hydrogen) atoms. The molecule has 1 aliphatic rings. The van der Waals surface area contributed by atoms with Gasteiger partial charge in [0.25, 0.3) is 0 Å². The normalized spacial score (nSPS) is 18.1. The zero-order chi connectivity index (χ0) is 26.9. The van der Waals surface area contributed by atoms with Crippen LogP contribution in [0, 0.1) is 0 Å². The van der Waals surface area contributed by atoms with Crippen LogP contribution in [-0.4, -0.2) is 46.1 Å². The zero-order valence-corrected chi connectivity index (χ0v) is 24.5. The third kappa shape index (κ3) is 13.7. The molecular weight excluding hydrogens is 484 g/mol. The van der Waals surface area contributed by atoms with Crippen molar-refractivity contribution in [3.8, 4) is 0 Å². The summed E-state index contributed by atoms with van der Waals surface area (Å²) in [6.45, 7) is 8.64. The molecule has 1 heterocycles. The van der Waals surface area contributed by atoms with Gasteiger partial charge in [0.1, 0.15) is 11.6 Å². The van der Waals surface area contributed by atoms with Crippen LogP contribution in [0.25, 0.3) is 0 Å². The fourth-order valence-electron chi connectivity index (χ4n) is 4.51. The van der Waals surface area contributed by atoms with E-state index in [2.05, 4.69) is 12.4 Å². The largest absolute Gasteiger partial charge is 0.444 e. The number of likely N-dealkylation sites (tertiary alicyclic amines) is 1. The Labute approximate surface area is 229 Å². The predicted octanol–water partition coefficient (Wildman–Crippen LogP) is 7.66. The minimum atomic E-state index is -0.613. The highest BCUT2D eigenvalue weighted by Crippen LogP contribution is 2.26. The monoisotopic (exact) mass is 534 g/mol. The molecule has 210 valence electrons. The Bertz CT molecular complexity index is 769. The SMILES string of the molecule is CCCCCCCCCCCCSC(=O)[C@@H]1CC[C@@H](NOCc2ccccc2)CN1C(=O)OC(C)(C)C. The molecule has 7 heteroatoms. The van der Waals surface area contributed by atoms with Gasteiger partial charge in [-0.1, -0.05) is 107 Å². The second-order valence-electron chi connectivity index (χ2n) is 11.2. The average molecular weight is 535 g/mol. The van der Waals surface area contributed by atoms with E-state index in [4.69, 9.17) is 9.57 Å². The fraction of sp³-hybridized carbons (Fsp3) is 0.733. The Hall–Kier alpha value is -1.57. The van der Waals surface area contributed by atoms with Crippen molar-refractivity contribution in [3.05, 3.63) is 35.9 Å². The molecular formula is C30H50N2O4S. The van der Waals surface area contributed by atoms with E-state index in [1.807, 2.05) is 51.1 Å². The van der Waals surface area contributed by atoms with Gasteiger partial charge in [-0.2, -0.15) is 5.48 Å². The molecule has 0 bridgehead atoms. The number of nitrogens with zero attached hydrogens (tertiary/aromatic N) is 1. The van der Waals surface area contributed by atoms with Crippen molar-refractivity contribution in [1.29, 1.82) is 0 Å². The van der Waals surface area contributed by atoms with Gasteiger partial charge >= 0.3 is 6.09 Å². The van der Waals surface area contributed by atoms with E-state index < -0.39 is 17.7 Å². The molecule has 1 N–H and O–H groups in total. The Kier molecular flexibility index (Phi) is 15.3. The lowest BCUT2D eigenvalue weighted by Crippen LogP contribution is -2.55. The molecule has 0 aliphatic carbocycles. The molecule has 1 aromatic carbocycles. The lowest BCUT2D eigenvalue weighted by Gasteiger charge is -2.39. The summed E-state index contributed by atoms with van der Waals surface area (Å²) >= 11 is 1.38. The van der Waals surface area contributed by atoms with Crippen LogP contribution in [-0.2, 0) is 21.0 Å².